The van der Waals surface area contributed by atoms with Crippen LogP contribution in [-0.2, 0) is 0 Å². The van der Waals surface area contributed by atoms with Crippen molar-refractivity contribution in [2.24, 2.45) is 0 Å². The molecule has 0 amide bonds. The second-order valence-corrected chi connectivity index (χ2v) is 5.11. The molecule has 0 radical (unpaired) electrons. The van der Waals surface area contributed by atoms with Crippen molar-refractivity contribution in [2.45, 2.75) is 0 Å². The fourth-order valence-electron chi connectivity index (χ4n) is 2.98. The van der Waals surface area contributed by atoms with Crippen LogP contribution < -0.4 is 4.74 Å². The molecule has 1 aromatic heterocycles. The van der Waals surface area contributed by atoms with Gasteiger partial charge in [0.1, 0.15) is 5.75 Å². The number of benzene rings is 3. The van der Waals surface area contributed by atoms with Gasteiger partial charge in [0.25, 0.3) is 0 Å². The van der Waals surface area contributed by atoms with Crippen LogP contribution in [0.15, 0.2) is 66.9 Å². The lowest BCUT2D eigenvalue weighted by Gasteiger charge is -2.11. The van der Waals surface area contributed by atoms with Crippen LogP contribution in [0.5, 0.6) is 5.75 Å². The molecule has 2 nitrogen and oxygen atoms in total. The van der Waals surface area contributed by atoms with Crippen LogP contribution in [0.4, 0.5) is 0 Å². The lowest BCUT2D eigenvalue weighted by molar-refractivity contribution is 0.417. The van der Waals surface area contributed by atoms with Gasteiger partial charge in [0.05, 0.1) is 7.11 Å². The van der Waals surface area contributed by atoms with Crippen molar-refractivity contribution in [1.29, 1.82) is 0 Å². The molecule has 0 saturated carbocycles. The minimum Gasteiger partial charge on any atom is -0.496 e. The number of fused-ring (bicyclic) bond motifs is 2. The Balaban J connectivity index is 2.14. The molecule has 102 valence electrons. The first kappa shape index (κ1) is 12.0. The van der Waals surface area contributed by atoms with E-state index in [0.717, 1.165) is 16.8 Å². The Bertz CT molecular complexity index is 937. The van der Waals surface area contributed by atoms with Crippen molar-refractivity contribution in [3.63, 3.8) is 0 Å². The molecule has 0 aliphatic carbocycles. The van der Waals surface area contributed by atoms with Crippen LogP contribution >= 0.6 is 0 Å². The van der Waals surface area contributed by atoms with Crippen LogP contribution in [0.3, 0.4) is 0 Å². The fourth-order valence-corrected chi connectivity index (χ4v) is 2.98. The fraction of sp³-hybridized carbons (Fsp3) is 0.0526. The summed E-state index contributed by atoms with van der Waals surface area (Å²) >= 11 is 0. The second kappa shape index (κ2) is 4.67. The van der Waals surface area contributed by atoms with E-state index in [1.165, 1.54) is 21.7 Å². The molecule has 0 spiro atoms. The van der Waals surface area contributed by atoms with Gasteiger partial charge in [0.15, 0.2) is 0 Å². The highest BCUT2D eigenvalue weighted by Gasteiger charge is 2.14. The first-order chi connectivity index (χ1) is 10.4. The van der Waals surface area contributed by atoms with E-state index in [2.05, 4.69) is 59.7 Å². The lowest BCUT2D eigenvalue weighted by atomic mass is 9.97. The van der Waals surface area contributed by atoms with Crippen LogP contribution in [0.2, 0.25) is 0 Å². The molecule has 0 unspecified atom stereocenters. The van der Waals surface area contributed by atoms with E-state index in [1.54, 1.807) is 7.11 Å². The topological polar surface area (TPSA) is 25.0 Å². The van der Waals surface area contributed by atoms with Gasteiger partial charge in [0, 0.05) is 28.2 Å². The normalized spacial score (nSPS) is 11.1. The number of methoxy groups -OCH3 is 1. The number of aromatic amines is 1. The summed E-state index contributed by atoms with van der Waals surface area (Å²) in [6, 6.07) is 20.9. The highest BCUT2D eigenvalue weighted by Crippen LogP contribution is 2.40. The van der Waals surface area contributed by atoms with Gasteiger partial charge in [-0.2, -0.15) is 0 Å². The van der Waals surface area contributed by atoms with Crippen molar-refractivity contribution in [3.8, 4) is 16.9 Å². The van der Waals surface area contributed by atoms with Gasteiger partial charge in [-0.3, -0.25) is 0 Å². The Morgan fingerprint density at radius 2 is 1.57 bits per heavy atom. The van der Waals surface area contributed by atoms with Crippen molar-refractivity contribution >= 4 is 21.7 Å². The first-order valence-electron chi connectivity index (χ1n) is 7.01. The van der Waals surface area contributed by atoms with Gasteiger partial charge in [-0.25, -0.2) is 0 Å². The summed E-state index contributed by atoms with van der Waals surface area (Å²) in [7, 11) is 1.72. The maximum atomic E-state index is 5.61. The summed E-state index contributed by atoms with van der Waals surface area (Å²) in [5, 5.41) is 3.65. The predicted octanol–water partition coefficient (Wildman–Crippen LogP) is 5.00. The maximum absolute atomic E-state index is 5.61. The average molecular weight is 273 g/mol. The van der Waals surface area contributed by atoms with Gasteiger partial charge < -0.3 is 9.72 Å². The van der Waals surface area contributed by atoms with Crippen LogP contribution in [0, 0.1) is 0 Å². The molecule has 1 heterocycles. The van der Waals surface area contributed by atoms with Crippen molar-refractivity contribution in [2.75, 3.05) is 7.11 Å². The number of ether oxygens (including phenoxy) is 1. The van der Waals surface area contributed by atoms with Gasteiger partial charge in [-0.15, -0.1) is 0 Å². The van der Waals surface area contributed by atoms with Crippen molar-refractivity contribution < 1.29 is 4.74 Å². The van der Waals surface area contributed by atoms with Crippen LogP contribution in [-0.4, -0.2) is 12.1 Å². The second-order valence-electron chi connectivity index (χ2n) is 5.11. The van der Waals surface area contributed by atoms with E-state index in [4.69, 9.17) is 4.74 Å². The van der Waals surface area contributed by atoms with Crippen molar-refractivity contribution in [3.05, 3.63) is 66.9 Å². The smallest absolute Gasteiger partial charge is 0.127 e. The summed E-state index contributed by atoms with van der Waals surface area (Å²) in [4.78, 5) is 3.35. The largest absolute Gasteiger partial charge is 0.496 e. The van der Waals surface area contributed by atoms with E-state index in [9.17, 15) is 0 Å². The molecule has 0 fully saturated rings. The Morgan fingerprint density at radius 1 is 0.810 bits per heavy atom. The van der Waals surface area contributed by atoms with E-state index in [-0.39, 0.29) is 0 Å². The van der Waals surface area contributed by atoms with E-state index in [0.29, 0.717) is 0 Å². The number of nitrogens with one attached hydrogen (secondary N) is 1. The number of aromatic nitrogens is 1. The summed E-state index contributed by atoms with van der Waals surface area (Å²) < 4.78 is 5.61. The Morgan fingerprint density at radius 3 is 2.43 bits per heavy atom. The molecule has 4 rings (SSSR count). The molecule has 0 aliphatic rings. The Hall–Kier alpha value is -2.74. The Labute approximate surface area is 123 Å². The van der Waals surface area contributed by atoms with Gasteiger partial charge in [0.2, 0.25) is 0 Å². The number of rotatable bonds is 2. The minimum absolute atomic E-state index is 0.901. The zero-order valence-corrected chi connectivity index (χ0v) is 11.8. The molecular formula is C19H15NO. The number of H-pyrrole nitrogens is 1. The molecule has 2 heteroatoms. The third kappa shape index (κ3) is 1.80. The molecule has 3 aromatic carbocycles. The molecular weight excluding hydrogens is 258 g/mol. The predicted molar refractivity (Wildman–Crippen MR) is 87.8 cm³/mol. The Kier molecular flexibility index (Phi) is 2.68. The molecule has 4 aromatic rings. The zero-order valence-electron chi connectivity index (χ0n) is 11.8. The monoisotopic (exact) mass is 273 g/mol. The standard InChI is InChI=1S/C19H15NO/c1-21-18-11-10-13-6-2-3-7-14(13)19(18)16-12-20-17-9-5-4-8-15(16)17/h2-12,20H,1H3. The summed E-state index contributed by atoms with van der Waals surface area (Å²) in [6.07, 6.45) is 2.06. The molecule has 0 saturated heterocycles. The van der Waals surface area contributed by atoms with Gasteiger partial charge in [-0.1, -0.05) is 48.5 Å². The van der Waals surface area contributed by atoms with Crippen LogP contribution in [0.1, 0.15) is 0 Å². The summed E-state index contributed by atoms with van der Waals surface area (Å²) in [5.74, 6) is 0.901. The third-order valence-electron chi connectivity index (χ3n) is 3.97. The minimum atomic E-state index is 0.901. The number of hydrogen-bond acceptors (Lipinski definition) is 1. The number of para-hydroxylation sites is 1. The maximum Gasteiger partial charge on any atom is 0.127 e. The lowest BCUT2D eigenvalue weighted by Crippen LogP contribution is -1.89. The van der Waals surface area contributed by atoms with Crippen molar-refractivity contribution in [1.82, 2.24) is 4.98 Å². The molecule has 0 bridgehead atoms. The quantitative estimate of drug-likeness (QED) is 0.546. The van der Waals surface area contributed by atoms with E-state index in [1.807, 2.05) is 12.1 Å². The van der Waals surface area contributed by atoms with Gasteiger partial charge in [-0.05, 0) is 22.9 Å². The molecule has 1 N–H and O–H groups in total. The first-order valence-corrected chi connectivity index (χ1v) is 7.01. The molecule has 21 heavy (non-hydrogen) atoms. The molecule has 0 aliphatic heterocycles. The molecule has 0 atom stereocenters. The highest BCUT2D eigenvalue weighted by atomic mass is 16.5. The van der Waals surface area contributed by atoms with Crippen LogP contribution in [0.25, 0.3) is 32.8 Å². The third-order valence-corrected chi connectivity index (χ3v) is 3.97. The SMILES string of the molecule is COc1ccc2ccccc2c1-c1c[nH]c2ccccc12. The zero-order chi connectivity index (χ0) is 14.2. The summed E-state index contributed by atoms with van der Waals surface area (Å²) in [5.41, 5.74) is 3.47. The highest BCUT2D eigenvalue weighted by molar-refractivity contribution is 6.07. The number of hydrogen-bond donors (Lipinski definition) is 1. The summed E-state index contributed by atoms with van der Waals surface area (Å²) in [6.45, 7) is 0. The van der Waals surface area contributed by atoms with E-state index >= 15 is 0 Å². The van der Waals surface area contributed by atoms with Gasteiger partial charge >= 0.3 is 0 Å². The van der Waals surface area contributed by atoms with E-state index < -0.39 is 0 Å². The average Bonchev–Trinajstić information content (AvgIpc) is 2.97.